The molecule has 1 aliphatic heterocycles. The van der Waals surface area contributed by atoms with Crippen LogP contribution in [0.2, 0.25) is 0 Å². The molecular formula is C16H32N2. The fourth-order valence-corrected chi connectivity index (χ4v) is 3.43. The lowest BCUT2D eigenvalue weighted by atomic mass is 9.87. The van der Waals surface area contributed by atoms with E-state index in [9.17, 15) is 0 Å². The molecular weight excluding hydrogens is 220 g/mol. The van der Waals surface area contributed by atoms with E-state index in [0.29, 0.717) is 11.0 Å². The monoisotopic (exact) mass is 252 g/mol. The van der Waals surface area contributed by atoms with Crippen LogP contribution in [-0.2, 0) is 0 Å². The van der Waals surface area contributed by atoms with Gasteiger partial charge in [0, 0.05) is 31.2 Å². The van der Waals surface area contributed by atoms with Crippen LogP contribution in [0.3, 0.4) is 0 Å². The first kappa shape index (κ1) is 14.3. The number of nitrogens with one attached hydrogen (secondary N) is 1. The standard InChI is InChI=1S/C16H32N2/c1-6-14-10-17-15(5,7-2)11-18(14)12-16(8-9-16)13(3)4/h13-14,17H,6-12H2,1-5H3. The highest BCUT2D eigenvalue weighted by Crippen LogP contribution is 2.52. The Hall–Kier alpha value is -0.0800. The summed E-state index contributed by atoms with van der Waals surface area (Å²) in [6.45, 7) is 15.6. The summed E-state index contributed by atoms with van der Waals surface area (Å²) in [4.78, 5) is 2.80. The van der Waals surface area contributed by atoms with Gasteiger partial charge in [-0.2, -0.15) is 0 Å². The number of rotatable bonds is 5. The minimum Gasteiger partial charge on any atom is -0.309 e. The van der Waals surface area contributed by atoms with Crippen molar-refractivity contribution >= 4 is 0 Å². The van der Waals surface area contributed by atoms with E-state index in [1.807, 2.05) is 0 Å². The van der Waals surface area contributed by atoms with Crippen molar-refractivity contribution in [2.24, 2.45) is 11.3 Å². The van der Waals surface area contributed by atoms with Gasteiger partial charge in [-0.3, -0.25) is 4.90 Å². The van der Waals surface area contributed by atoms with Gasteiger partial charge in [0.25, 0.3) is 0 Å². The van der Waals surface area contributed by atoms with E-state index in [0.717, 1.165) is 12.0 Å². The molecule has 2 heteroatoms. The Morgan fingerprint density at radius 3 is 2.39 bits per heavy atom. The number of hydrogen-bond donors (Lipinski definition) is 1. The molecule has 1 aliphatic carbocycles. The normalized spacial score (nSPS) is 36.0. The maximum absolute atomic E-state index is 3.77. The zero-order valence-electron chi connectivity index (χ0n) is 13.1. The van der Waals surface area contributed by atoms with Crippen LogP contribution in [-0.4, -0.2) is 36.1 Å². The van der Waals surface area contributed by atoms with Gasteiger partial charge in [0.05, 0.1) is 0 Å². The molecule has 0 bridgehead atoms. The molecule has 1 N–H and O–H groups in total. The largest absolute Gasteiger partial charge is 0.309 e. The first-order chi connectivity index (χ1) is 8.45. The van der Waals surface area contributed by atoms with Crippen LogP contribution in [0.15, 0.2) is 0 Å². The van der Waals surface area contributed by atoms with E-state index in [1.54, 1.807) is 0 Å². The molecule has 106 valence electrons. The van der Waals surface area contributed by atoms with E-state index >= 15 is 0 Å². The SMILES string of the molecule is CCC1CNC(C)(CC)CN1CC1(C(C)C)CC1. The summed E-state index contributed by atoms with van der Waals surface area (Å²) in [6, 6.07) is 0.751. The lowest BCUT2D eigenvalue weighted by molar-refractivity contribution is 0.0540. The Balaban J connectivity index is 2.03. The molecule has 2 nitrogen and oxygen atoms in total. The molecule has 0 spiro atoms. The average Bonchev–Trinajstić information content (AvgIpc) is 3.11. The second-order valence-corrected chi connectivity index (χ2v) is 7.28. The molecule has 2 rings (SSSR count). The van der Waals surface area contributed by atoms with Crippen molar-refractivity contribution in [2.75, 3.05) is 19.6 Å². The third kappa shape index (κ3) is 2.75. The maximum atomic E-state index is 3.77. The Labute approximate surface area is 114 Å². The summed E-state index contributed by atoms with van der Waals surface area (Å²) >= 11 is 0. The van der Waals surface area contributed by atoms with Crippen LogP contribution in [0.5, 0.6) is 0 Å². The van der Waals surface area contributed by atoms with Crippen molar-refractivity contribution in [3.8, 4) is 0 Å². The summed E-state index contributed by atoms with van der Waals surface area (Å²) < 4.78 is 0. The molecule has 18 heavy (non-hydrogen) atoms. The van der Waals surface area contributed by atoms with Crippen LogP contribution in [0.1, 0.15) is 60.3 Å². The Kier molecular flexibility index (Phi) is 4.08. The number of piperazine rings is 1. The second-order valence-electron chi connectivity index (χ2n) is 7.28. The van der Waals surface area contributed by atoms with E-state index in [1.165, 1.54) is 45.3 Å². The predicted octanol–water partition coefficient (Wildman–Crippen LogP) is 3.28. The van der Waals surface area contributed by atoms with E-state index < -0.39 is 0 Å². The van der Waals surface area contributed by atoms with Crippen LogP contribution in [0, 0.1) is 11.3 Å². The smallest absolute Gasteiger partial charge is 0.0278 e. The highest BCUT2D eigenvalue weighted by Gasteiger charge is 2.48. The summed E-state index contributed by atoms with van der Waals surface area (Å²) in [5.74, 6) is 0.845. The van der Waals surface area contributed by atoms with E-state index in [2.05, 4.69) is 44.8 Å². The summed E-state index contributed by atoms with van der Waals surface area (Å²) in [6.07, 6.45) is 5.41. The third-order valence-corrected chi connectivity index (χ3v) is 5.72. The highest BCUT2D eigenvalue weighted by molar-refractivity contribution is 5.02. The first-order valence-electron chi connectivity index (χ1n) is 7.94. The summed E-state index contributed by atoms with van der Waals surface area (Å²) in [5, 5.41) is 3.77. The highest BCUT2D eigenvalue weighted by atomic mass is 15.3. The summed E-state index contributed by atoms with van der Waals surface area (Å²) in [7, 11) is 0. The van der Waals surface area contributed by atoms with Crippen molar-refractivity contribution in [1.82, 2.24) is 10.2 Å². The van der Waals surface area contributed by atoms with Crippen molar-refractivity contribution in [3.63, 3.8) is 0 Å². The molecule has 0 amide bonds. The molecule has 2 aliphatic rings. The third-order valence-electron chi connectivity index (χ3n) is 5.72. The van der Waals surface area contributed by atoms with Gasteiger partial charge >= 0.3 is 0 Å². The molecule has 0 aromatic heterocycles. The lowest BCUT2D eigenvalue weighted by Crippen LogP contribution is -2.63. The van der Waals surface area contributed by atoms with Crippen molar-refractivity contribution < 1.29 is 0 Å². The fourth-order valence-electron chi connectivity index (χ4n) is 3.43. The molecule has 2 fully saturated rings. The maximum Gasteiger partial charge on any atom is 0.0278 e. The Morgan fingerprint density at radius 1 is 1.28 bits per heavy atom. The van der Waals surface area contributed by atoms with Gasteiger partial charge in [0.1, 0.15) is 0 Å². The predicted molar refractivity (Wildman–Crippen MR) is 78.9 cm³/mol. The molecule has 1 saturated carbocycles. The zero-order chi connectivity index (χ0) is 13.4. The molecule has 0 radical (unpaired) electrons. The molecule has 0 aromatic carbocycles. The first-order valence-corrected chi connectivity index (χ1v) is 7.94. The van der Waals surface area contributed by atoms with Crippen LogP contribution < -0.4 is 5.32 Å². The fraction of sp³-hybridized carbons (Fsp3) is 1.00. The van der Waals surface area contributed by atoms with Crippen molar-refractivity contribution in [2.45, 2.75) is 71.9 Å². The van der Waals surface area contributed by atoms with E-state index in [-0.39, 0.29) is 0 Å². The van der Waals surface area contributed by atoms with Gasteiger partial charge in [-0.15, -0.1) is 0 Å². The average molecular weight is 252 g/mol. The Bertz CT molecular complexity index is 283. The molecule has 1 heterocycles. The molecule has 2 unspecified atom stereocenters. The lowest BCUT2D eigenvalue weighted by Gasteiger charge is -2.47. The van der Waals surface area contributed by atoms with Gasteiger partial charge in [-0.05, 0) is 43.9 Å². The summed E-state index contributed by atoms with van der Waals surface area (Å²) in [5.41, 5.74) is 0.984. The minimum atomic E-state index is 0.332. The minimum absolute atomic E-state index is 0.332. The number of hydrogen-bond acceptors (Lipinski definition) is 2. The topological polar surface area (TPSA) is 15.3 Å². The van der Waals surface area contributed by atoms with Gasteiger partial charge < -0.3 is 5.32 Å². The van der Waals surface area contributed by atoms with Crippen LogP contribution >= 0.6 is 0 Å². The Morgan fingerprint density at radius 2 is 1.94 bits per heavy atom. The van der Waals surface area contributed by atoms with Gasteiger partial charge in [0.2, 0.25) is 0 Å². The molecule has 1 saturated heterocycles. The van der Waals surface area contributed by atoms with Gasteiger partial charge in [0.15, 0.2) is 0 Å². The zero-order valence-corrected chi connectivity index (χ0v) is 13.1. The van der Waals surface area contributed by atoms with Gasteiger partial charge in [-0.1, -0.05) is 27.7 Å². The second kappa shape index (κ2) is 5.13. The van der Waals surface area contributed by atoms with Gasteiger partial charge in [-0.25, -0.2) is 0 Å². The van der Waals surface area contributed by atoms with Crippen LogP contribution in [0.4, 0.5) is 0 Å². The van der Waals surface area contributed by atoms with Crippen molar-refractivity contribution in [3.05, 3.63) is 0 Å². The molecule has 0 aromatic rings. The van der Waals surface area contributed by atoms with E-state index in [4.69, 9.17) is 0 Å². The van der Waals surface area contributed by atoms with Crippen molar-refractivity contribution in [1.29, 1.82) is 0 Å². The molecule has 2 atom stereocenters. The van der Waals surface area contributed by atoms with Crippen LogP contribution in [0.25, 0.3) is 0 Å². The quantitative estimate of drug-likeness (QED) is 0.808. The number of nitrogens with zero attached hydrogens (tertiary/aromatic N) is 1.